The van der Waals surface area contributed by atoms with E-state index in [1.807, 2.05) is 36.4 Å². The lowest BCUT2D eigenvalue weighted by atomic mass is 10.2. The third-order valence-corrected chi connectivity index (χ3v) is 7.74. The molecule has 0 N–H and O–H groups in total. The Hall–Kier alpha value is -0.820. The summed E-state index contributed by atoms with van der Waals surface area (Å²) >= 11 is 5.09. The van der Waals surface area contributed by atoms with Crippen LogP contribution < -0.4 is 0 Å². The van der Waals surface area contributed by atoms with E-state index >= 15 is 0 Å². The number of nitrogens with zero attached hydrogens (tertiary/aromatic N) is 1. The molecule has 1 atom stereocenters. The van der Waals surface area contributed by atoms with Crippen molar-refractivity contribution in [1.29, 1.82) is 0 Å². The molecule has 2 aromatic carbocycles. The number of hydrogen-bond donors (Lipinski definition) is 0. The van der Waals surface area contributed by atoms with Crippen LogP contribution in [0, 0.1) is 0 Å². The maximum absolute atomic E-state index is 13.0. The SMILES string of the molecule is CCc1ccc(S(=O)(=O)N2CCS[C@@H]2c2ccc(Br)cc2)cc1. The van der Waals surface area contributed by atoms with Crippen molar-refractivity contribution in [2.24, 2.45) is 0 Å². The average Bonchev–Trinajstić information content (AvgIpc) is 3.06. The summed E-state index contributed by atoms with van der Waals surface area (Å²) in [6.45, 7) is 2.60. The fourth-order valence-corrected chi connectivity index (χ4v) is 6.13. The molecule has 1 heterocycles. The Morgan fingerprint density at radius 2 is 1.78 bits per heavy atom. The van der Waals surface area contributed by atoms with Crippen molar-refractivity contribution < 1.29 is 8.42 Å². The normalized spacial score (nSPS) is 19.1. The molecule has 1 aliphatic heterocycles. The Morgan fingerprint density at radius 1 is 1.13 bits per heavy atom. The number of thioether (sulfide) groups is 1. The van der Waals surface area contributed by atoms with Crippen molar-refractivity contribution in [3.05, 3.63) is 64.1 Å². The Labute approximate surface area is 150 Å². The van der Waals surface area contributed by atoms with Gasteiger partial charge in [0, 0.05) is 16.8 Å². The molecule has 0 amide bonds. The molecule has 6 heteroatoms. The monoisotopic (exact) mass is 411 g/mol. The average molecular weight is 412 g/mol. The van der Waals surface area contributed by atoms with Crippen LogP contribution in [0.4, 0.5) is 0 Å². The van der Waals surface area contributed by atoms with Gasteiger partial charge in [-0.15, -0.1) is 11.8 Å². The van der Waals surface area contributed by atoms with Gasteiger partial charge < -0.3 is 0 Å². The molecule has 1 fully saturated rings. The van der Waals surface area contributed by atoms with Crippen molar-refractivity contribution in [2.45, 2.75) is 23.6 Å². The second-order valence-electron chi connectivity index (χ2n) is 5.39. The standard InChI is InChI=1S/C17H18BrNO2S2/c1-2-13-3-9-16(10-4-13)23(20,21)19-11-12-22-17(19)14-5-7-15(18)8-6-14/h3-10,17H,2,11-12H2,1H3/t17-/m1/s1. The van der Waals surface area contributed by atoms with Crippen LogP contribution in [0.25, 0.3) is 0 Å². The first-order valence-electron chi connectivity index (χ1n) is 7.50. The maximum atomic E-state index is 13.0. The smallest absolute Gasteiger partial charge is 0.207 e. The van der Waals surface area contributed by atoms with Crippen LogP contribution in [0.5, 0.6) is 0 Å². The van der Waals surface area contributed by atoms with Crippen molar-refractivity contribution in [3.63, 3.8) is 0 Å². The molecule has 0 aromatic heterocycles. The summed E-state index contributed by atoms with van der Waals surface area (Å²) in [4.78, 5) is 0.374. The van der Waals surface area contributed by atoms with Gasteiger partial charge in [0.2, 0.25) is 10.0 Å². The molecule has 0 bridgehead atoms. The third-order valence-electron chi connectivity index (χ3n) is 3.94. The second kappa shape index (κ2) is 6.97. The number of hydrogen-bond acceptors (Lipinski definition) is 3. The summed E-state index contributed by atoms with van der Waals surface area (Å²) in [6, 6.07) is 15.1. The van der Waals surface area contributed by atoms with Crippen LogP contribution in [0.15, 0.2) is 57.9 Å². The van der Waals surface area contributed by atoms with Crippen molar-refractivity contribution >= 4 is 37.7 Å². The Balaban J connectivity index is 1.92. The first-order chi connectivity index (χ1) is 11.0. The van der Waals surface area contributed by atoms with Crippen LogP contribution >= 0.6 is 27.7 Å². The van der Waals surface area contributed by atoms with Gasteiger partial charge in [0.1, 0.15) is 0 Å². The maximum Gasteiger partial charge on any atom is 0.244 e. The first-order valence-corrected chi connectivity index (χ1v) is 10.8. The minimum absolute atomic E-state index is 0.154. The highest BCUT2D eigenvalue weighted by atomic mass is 79.9. The predicted molar refractivity (Wildman–Crippen MR) is 99.1 cm³/mol. The molecular weight excluding hydrogens is 394 g/mol. The van der Waals surface area contributed by atoms with Gasteiger partial charge in [-0.3, -0.25) is 0 Å². The van der Waals surface area contributed by atoms with E-state index in [1.54, 1.807) is 28.2 Å². The van der Waals surface area contributed by atoms with E-state index in [0.29, 0.717) is 11.4 Å². The van der Waals surface area contributed by atoms with Crippen LogP contribution in [-0.2, 0) is 16.4 Å². The summed E-state index contributed by atoms with van der Waals surface area (Å²) in [7, 11) is -3.47. The Morgan fingerprint density at radius 3 is 2.39 bits per heavy atom. The molecule has 3 nitrogen and oxygen atoms in total. The molecule has 0 unspecified atom stereocenters. The predicted octanol–water partition coefficient (Wildman–Crippen LogP) is 4.45. The molecule has 2 aromatic rings. The van der Waals surface area contributed by atoms with Crippen LogP contribution in [-0.4, -0.2) is 25.0 Å². The number of aryl methyl sites for hydroxylation is 1. The summed E-state index contributed by atoms with van der Waals surface area (Å²) in [5.74, 6) is 0.813. The van der Waals surface area contributed by atoms with E-state index < -0.39 is 10.0 Å². The largest absolute Gasteiger partial charge is 0.244 e. The van der Waals surface area contributed by atoms with E-state index in [0.717, 1.165) is 27.8 Å². The van der Waals surface area contributed by atoms with Gasteiger partial charge in [0.25, 0.3) is 0 Å². The van der Waals surface area contributed by atoms with Crippen molar-refractivity contribution in [1.82, 2.24) is 4.31 Å². The van der Waals surface area contributed by atoms with Crippen LogP contribution in [0.2, 0.25) is 0 Å². The summed E-state index contributed by atoms with van der Waals surface area (Å²) in [6.07, 6.45) is 0.904. The zero-order chi connectivity index (χ0) is 16.4. The lowest BCUT2D eigenvalue weighted by Crippen LogP contribution is -2.30. The third kappa shape index (κ3) is 3.50. The Kier molecular flexibility index (Phi) is 5.16. The van der Waals surface area contributed by atoms with E-state index in [-0.39, 0.29) is 5.37 Å². The fraction of sp³-hybridized carbons (Fsp3) is 0.294. The number of halogens is 1. The lowest BCUT2D eigenvalue weighted by molar-refractivity contribution is 0.434. The summed E-state index contributed by atoms with van der Waals surface area (Å²) in [5, 5.41) is -0.154. The quantitative estimate of drug-likeness (QED) is 0.745. The summed E-state index contributed by atoms with van der Waals surface area (Å²) < 4.78 is 28.6. The number of sulfonamides is 1. The molecule has 0 saturated carbocycles. The molecule has 1 aliphatic rings. The van der Waals surface area contributed by atoms with E-state index in [2.05, 4.69) is 22.9 Å². The van der Waals surface area contributed by atoms with Gasteiger partial charge in [-0.2, -0.15) is 4.31 Å². The lowest BCUT2D eigenvalue weighted by Gasteiger charge is -2.23. The van der Waals surface area contributed by atoms with E-state index in [1.165, 1.54) is 0 Å². The molecule has 23 heavy (non-hydrogen) atoms. The molecule has 3 rings (SSSR count). The second-order valence-corrected chi connectivity index (χ2v) is 9.38. The zero-order valence-corrected chi connectivity index (χ0v) is 16.0. The van der Waals surface area contributed by atoms with Gasteiger partial charge in [-0.25, -0.2) is 8.42 Å². The number of benzene rings is 2. The Bertz CT molecular complexity index is 773. The van der Waals surface area contributed by atoms with Gasteiger partial charge in [-0.05, 0) is 41.8 Å². The number of rotatable bonds is 4. The van der Waals surface area contributed by atoms with Gasteiger partial charge >= 0.3 is 0 Å². The summed E-state index contributed by atoms with van der Waals surface area (Å²) in [5.41, 5.74) is 2.16. The highest BCUT2D eigenvalue weighted by Crippen LogP contribution is 2.41. The fourth-order valence-electron chi connectivity index (χ4n) is 2.62. The minimum atomic E-state index is -3.47. The molecule has 0 aliphatic carbocycles. The van der Waals surface area contributed by atoms with Gasteiger partial charge in [-0.1, -0.05) is 47.1 Å². The first kappa shape index (κ1) is 17.0. The highest BCUT2D eigenvalue weighted by Gasteiger charge is 2.36. The van der Waals surface area contributed by atoms with Crippen molar-refractivity contribution in [2.75, 3.05) is 12.3 Å². The topological polar surface area (TPSA) is 37.4 Å². The van der Waals surface area contributed by atoms with E-state index in [4.69, 9.17) is 0 Å². The van der Waals surface area contributed by atoms with E-state index in [9.17, 15) is 8.42 Å². The minimum Gasteiger partial charge on any atom is -0.207 e. The molecule has 0 radical (unpaired) electrons. The molecule has 1 saturated heterocycles. The highest BCUT2D eigenvalue weighted by molar-refractivity contribution is 9.10. The van der Waals surface area contributed by atoms with Crippen LogP contribution in [0.1, 0.15) is 23.4 Å². The zero-order valence-electron chi connectivity index (χ0n) is 12.8. The van der Waals surface area contributed by atoms with Gasteiger partial charge in [0.05, 0.1) is 10.3 Å². The molecular formula is C17H18BrNO2S2. The molecule has 0 spiro atoms. The molecule has 122 valence electrons. The van der Waals surface area contributed by atoms with Gasteiger partial charge in [0.15, 0.2) is 0 Å². The van der Waals surface area contributed by atoms with Crippen molar-refractivity contribution in [3.8, 4) is 0 Å². The van der Waals surface area contributed by atoms with Crippen LogP contribution in [0.3, 0.4) is 0 Å².